The summed E-state index contributed by atoms with van der Waals surface area (Å²) in [6, 6.07) is 3.33. The topological polar surface area (TPSA) is 63.6 Å². The average molecular weight is 269 g/mol. The number of halogens is 1. The van der Waals surface area contributed by atoms with Crippen molar-refractivity contribution in [3.05, 3.63) is 39.9 Å². The van der Waals surface area contributed by atoms with Crippen LogP contribution in [0.5, 0.6) is 0 Å². The highest BCUT2D eigenvalue weighted by atomic mass is 35.5. The normalized spacial score (nSPS) is 11.2. The molecule has 1 aromatic carbocycles. The van der Waals surface area contributed by atoms with Gasteiger partial charge in [-0.1, -0.05) is 17.7 Å². The van der Waals surface area contributed by atoms with E-state index in [4.69, 9.17) is 11.6 Å². The molecule has 0 saturated carbocycles. The molecule has 0 fully saturated rings. The fourth-order valence-corrected chi connectivity index (χ4v) is 1.63. The minimum absolute atomic E-state index is 0.315. The number of aryl methyl sites for hydroxylation is 2. The van der Waals surface area contributed by atoms with Gasteiger partial charge in [0.25, 0.3) is 5.78 Å². The van der Waals surface area contributed by atoms with Crippen LogP contribution in [0.1, 0.15) is 16.7 Å². The Balaban J connectivity index is 3.15. The first kappa shape index (κ1) is 14.3. The predicted molar refractivity (Wildman–Crippen MR) is 68.6 cm³/mol. The second-order valence-electron chi connectivity index (χ2n) is 3.80. The maximum Gasteiger partial charge on any atom is 0.378 e. The van der Waals surface area contributed by atoms with Crippen LogP contribution in [0, 0.1) is 13.8 Å². The average Bonchev–Trinajstić information content (AvgIpc) is 2.32. The number of ether oxygens (including phenoxy) is 1. The van der Waals surface area contributed by atoms with Gasteiger partial charge in [-0.05, 0) is 31.0 Å². The molecule has 0 spiro atoms. The van der Waals surface area contributed by atoms with Crippen molar-refractivity contribution in [2.45, 2.75) is 13.8 Å². The third kappa shape index (κ3) is 3.11. The molecular weight excluding hydrogens is 256 g/mol. The van der Waals surface area contributed by atoms with E-state index in [2.05, 4.69) is 4.74 Å². The molecule has 5 heteroatoms. The molecule has 0 aliphatic heterocycles. The standard InChI is InChI=1S/C13H13ClO4/c1-7-4-8(2)10(14)5-9(7)11(15)6-12(16)13(17)18-3/h4-6,15H,1-3H3/b11-6-. The molecule has 1 aromatic rings. The molecule has 1 N–H and O–H groups in total. The number of aliphatic hydroxyl groups is 1. The van der Waals surface area contributed by atoms with Crippen molar-refractivity contribution in [3.63, 3.8) is 0 Å². The van der Waals surface area contributed by atoms with Crippen molar-refractivity contribution in [1.29, 1.82) is 0 Å². The third-order valence-corrected chi connectivity index (χ3v) is 2.84. The number of hydrogen-bond acceptors (Lipinski definition) is 4. The molecule has 0 atom stereocenters. The molecular formula is C13H13ClO4. The molecule has 18 heavy (non-hydrogen) atoms. The molecule has 0 saturated heterocycles. The predicted octanol–water partition coefficient (Wildman–Crippen LogP) is 2.60. The van der Waals surface area contributed by atoms with Crippen LogP contribution in [0.4, 0.5) is 0 Å². The van der Waals surface area contributed by atoms with Gasteiger partial charge in [-0.25, -0.2) is 4.79 Å². The molecule has 0 aliphatic rings. The second kappa shape index (κ2) is 5.69. The number of carbonyl (C=O) groups excluding carboxylic acids is 2. The van der Waals surface area contributed by atoms with Crippen LogP contribution in [0.3, 0.4) is 0 Å². The summed E-state index contributed by atoms with van der Waals surface area (Å²) < 4.78 is 4.25. The Labute approximate surface area is 110 Å². The van der Waals surface area contributed by atoms with E-state index in [1.165, 1.54) is 0 Å². The highest BCUT2D eigenvalue weighted by molar-refractivity contribution is 6.39. The van der Waals surface area contributed by atoms with Gasteiger partial charge in [0.05, 0.1) is 7.11 Å². The van der Waals surface area contributed by atoms with E-state index in [-0.39, 0.29) is 5.76 Å². The van der Waals surface area contributed by atoms with Crippen LogP contribution >= 0.6 is 11.6 Å². The molecule has 1 rings (SSSR count). The lowest BCUT2D eigenvalue weighted by molar-refractivity contribution is -0.149. The first-order valence-electron chi connectivity index (χ1n) is 5.17. The molecule has 0 heterocycles. The Bertz CT molecular complexity index is 532. The Morgan fingerprint density at radius 3 is 2.44 bits per heavy atom. The molecule has 0 unspecified atom stereocenters. The number of methoxy groups -OCH3 is 1. The minimum Gasteiger partial charge on any atom is -0.507 e. The Morgan fingerprint density at radius 1 is 1.28 bits per heavy atom. The summed E-state index contributed by atoms with van der Waals surface area (Å²) >= 11 is 5.94. The van der Waals surface area contributed by atoms with Crippen molar-refractivity contribution in [1.82, 2.24) is 0 Å². The lowest BCUT2D eigenvalue weighted by atomic mass is 10.0. The van der Waals surface area contributed by atoms with Crippen molar-refractivity contribution < 1.29 is 19.4 Å². The Kier molecular flexibility index (Phi) is 4.50. The number of carbonyl (C=O) groups is 2. The molecule has 0 bridgehead atoms. The van der Waals surface area contributed by atoms with Gasteiger partial charge in [-0.2, -0.15) is 0 Å². The summed E-state index contributed by atoms with van der Waals surface area (Å²) in [6.45, 7) is 3.60. The van der Waals surface area contributed by atoms with E-state index in [9.17, 15) is 14.7 Å². The van der Waals surface area contributed by atoms with E-state index in [1.807, 2.05) is 6.92 Å². The lowest BCUT2D eigenvalue weighted by Crippen LogP contribution is -2.13. The highest BCUT2D eigenvalue weighted by Crippen LogP contribution is 2.24. The molecule has 0 aliphatic carbocycles. The van der Waals surface area contributed by atoms with Crippen LogP contribution in [0.2, 0.25) is 5.02 Å². The summed E-state index contributed by atoms with van der Waals surface area (Å²) in [5.41, 5.74) is 2.02. The van der Waals surface area contributed by atoms with Crippen molar-refractivity contribution in [2.75, 3.05) is 7.11 Å². The van der Waals surface area contributed by atoms with E-state index in [1.54, 1.807) is 19.1 Å². The van der Waals surface area contributed by atoms with E-state index in [0.717, 1.165) is 24.3 Å². The van der Waals surface area contributed by atoms with Crippen LogP contribution < -0.4 is 0 Å². The molecule has 4 nitrogen and oxygen atoms in total. The number of aliphatic hydroxyl groups excluding tert-OH is 1. The zero-order chi connectivity index (χ0) is 13.9. The van der Waals surface area contributed by atoms with Gasteiger partial charge >= 0.3 is 5.97 Å². The number of rotatable bonds is 3. The SMILES string of the molecule is COC(=O)C(=O)/C=C(\O)c1cc(Cl)c(C)cc1C. The van der Waals surface area contributed by atoms with Crippen molar-refractivity contribution >= 4 is 29.1 Å². The van der Waals surface area contributed by atoms with Crippen LogP contribution in [-0.4, -0.2) is 24.0 Å². The minimum atomic E-state index is -1.03. The van der Waals surface area contributed by atoms with E-state index < -0.39 is 11.8 Å². The summed E-state index contributed by atoms with van der Waals surface area (Å²) in [7, 11) is 1.10. The highest BCUT2D eigenvalue weighted by Gasteiger charge is 2.14. The summed E-state index contributed by atoms with van der Waals surface area (Å²) in [4.78, 5) is 22.2. The monoisotopic (exact) mass is 268 g/mol. The summed E-state index contributed by atoms with van der Waals surface area (Å²) in [6.07, 6.45) is 0.819. The molecule has 96 valence electrons. The molecule has 0 aromatic heterocycles. The zero-order valence-corrected chi connectivity index (χ0v) is 11.0. The van der Waals surface area contributed by atoms with Crippen molar-refractivity contribution in [3.8, 4) is 0 Å². The largest absolute Gasteiger partial charge is 0.507 e. The van der Waals surface area contributed by atoms with Crippen LogP contribution in [-0.2, 0) is 14.3 Å². The summed E-state index contributed by atoms with van der Waals surface area (Å²) in [5, 5.41) is 10.3. The van der Waals surface area contributed by atoms with Crippen LogP contribution in [0.15, 0.2) is 18.2 Å². The Hall–Kier alpha value is -1.81. The third-order valence-electron chi connectivity index (χ3n) is 2.44. The smallest absolute Gasteiger partial charge is 0.378 e. The number of esters is 1. The van der Waals surface area contributed by atoms with Gasteiger partial charge in [0, 0.05) is 16.7 Å². The van der Waals surface area contributed by atoms with Gasteiger partial charge in [0.2, 0.25) is 0 Å². The van der Waals surface area contributed by atoms with Gasteiger partial charge in [0.1, 0.15) is 5.76 Å². The van der Waals surface area contributed by atoms with Crippen LogP contribution in [0.25, 0.3) is 5.76 Å². The van der Waals surface area contributed by atoms with Gasteiger partial charge in [0.15, 0.2) is 0 Å². The van der Waals surface area contributed by atoms with E-state index in [0.29, 0.717) is 10.6 Å². The summed E-state index contributed by atoms with van der Waals surface area (Å²) in [5.74, 6) is -2.27. The zero-order valence-electron chi connectivity index (χ0n) is 10.3. The maximum absolute atomic E-state index is 11.3. The Morgan fingerprint density at radius 2 is 1.89 bits per heavy atom. The first-order valence-corrected chi connectivity index (χ1v) is 5.54. The van der Waals surface area contributed by atoms with Gasteiger partial charge < -0.3 is 9.84 Å². The second-order valence-corrected chi connectivity index (χ2v) is 4.21. The first-order chi connectivity index (χ1) is 8.36. The maximum atomic E-state index is 11.3. The lowest BCUT2D eigenvalue weighted by Gasteiger charge is -2.07. The number of hydrogen-bond donors (Lipinski definition) is 1. The number of benzene rings is 1. The van der Waals surface area contributed by atoms with Gasteiger partial charge in [-0.3, -0.25) is 4.79 Å². The fraction of sp³-hybridized carbons (Fsp3) is 0.231. The van der Waals surface area contributed by atoms with Gasteiger partial charge in [-0.15, -0.1) is 0 Å². The molecule has 0 radical (unpaired) electrons. The van der Waals surface area contributed by atoms with Crippen molar-refractivity contribution in [2.24, 2.45) is 0 Å². The quantitative estimate of drug-likeness (QED) is 0.396. The molecule has 0 amide bonds. The van der Waals surface area contributed by atoms with E-state index >= 15 is 0 Å². The fourth-order valence-electron chi connectivity index (χ4n) is 1.46. The number of ketones is 1.